The minimum Gasteiger partial charge on any atom is -0.377 e. The van der Waals surface area contributed by atoms with Gasteiger partial charge in [-0.2, -0.15) is 0 Å². The fraction of sp³-hybridized carbons (Fsp3) is 0.167. The second kappa shape index (κ2) is 7.97. The molecule has 3 heterocycles. The molecule has 4 rings (SSSR count). The molecule has 0 aliphatic heterocycles. The van der Waals surface area contributed by atoms with Crippen molar-refractivity contribution in [3.63, 3.8) is 0 Å². The number of anilines is 1. The summed E-state index contributed by atoms with van der Waals surface area (Å²) in [5, 5.41) is 13.9. The number of carbonyl (C=O) groups excluding carboxylic acids is 1. The van der Waals surface area contributed by atoms with Crippen molar-refractivity contribution in [3.8, 4) is 11.1 Å². The number of rotatable bonds is 6. The van der Waals surface area contributed by atoms with Gasteiger partial charge in [0.1, 0.15) is 23.0 Å². The van der Waals surface area contributed by atoms with Gasteiger partial charge in [-0.15, -0.1) is 21.5 Å². The number of methoxy groups -OCH3 is 1. The van der Waals surface area contributed by atoms with Crippen molar-refractivity contribution in [2.75, 3.05) is 12.4 Å². The van der Waals surface area contributed by atoms with Gasteiger partial charge in [0.05, 0.1) is 11.7 Å². The molecule has 0 aliphatic carbocycles. The highest BCUT2D eigenvalue weighted by Gasteiger charge is 2.15. The third-order valence-electron chi connectivity index (χ3n) is 3.94. The summed E-state index contributed by atoms with van der Waals surface area (Å²) in [6.45, 7) is 0.166. The lowest BCUT2D eigenvalue weighted by Gasteiger charge is -2.06. The summed E-state index contributed by atoms with van der Waals surface area (Å²) in [5.41, 5.74) is 1.51. The van der Waals surface area contributed by atoms with E-state index in [0.717, 1.165) is 11.1 Å². The molecule has 8 nitrogen and oxygen atoms in total. The number of ether oxygens (including phenoxy) is 1. The van der Waals surface area contributed by atoms with E-state index in [-0.39, 0.29) is 18.0 Å². The summed E-state index contributed by atoms with van der Waals surface area (Å²) in [6, 6.07) is 9.64. The Morgan fingerprint density at radius 3 is 2.86 bits per heavy atom. The number of hydrogen-bond donors (Lipinski definition) is 1. The normalized spacial score (nSPS) is 11.0. The maximum atomic E-state index is 13.0. The second-order valence-electron chi connectivity index (χ2n) is 5.86. The van der Waals surface area contributed by atoms with Crippen LogP contribution in [0.25, 0.3) is 21.3 Å². The lowest BCUT2D eigenvalue weighted by atomic mass is 10.1. The zero-order valence-corrected chi connectivity index (χ0v) is 16.4. The van der Waals surface area contributed by atoms with Crippen molar-refractivity contribution in [3.05, 3.63) is 57.4 Å². The molecule has 142 valence electrons. The molecule has 0 bridgehead atoms. The van der Waals surface area contributed by atoms with Crippen molar-refractivity contribution in [2.45, 2.75) is 13.2 Å². The van der Waals surface area contributed by atoms with Crippen LogP contribution in [-0.2, 0) is 22.7 Å². The lowest BCUT2D eigenvalue weighted by Crippen LogP contribution is -2.27. The number of nitrogens with one attached hydrogen (secondary N) is 1. The largest absolute Gasteiger partial charge is 0.377 e. The van der Waals surface area contributed by atoms with E-state index < -0.39 is 0 Å². The summed E-state index contributed by atoms with van der Waals surface area (Å²) in [5.74, 6) is -0.375. The number of aromatic nitrogens is 4. The Labute approximate surface area is 167 Å². The van der Waals surface area contributed by atoms with Crippen molar-refractivity contribution in [1.29, 1.82) is 0 Å². The zero-order valence-electron chi connectivity index (χ0n) is 14.8. The van der Waals surface area contributed by atoms with E-state index in [0.29, 0.717) is 27.0 Å². The highest BCUT2D eigenvalue weighted by Crippen LogP contribution is 2.30. The molecule has 0 radical (unpaired) electrons. The van der Waals surface area contributed by atoms with Gasteiger partial charge in [0.15, 0.2) is 0 Å². The van der Waals surface area contributed by atoms with Gasteiger partial charge in [0.2, 0.25) is 11.0 Å². The monoisotopic (exact) mass is 413 g/mol. The Hall–Kier alpha value is -2.95. The van der Waals surface area contributed by atoms with Gasteiger partial charge in [-0.3, -0.25) is 19.5 Å². The summed E-state index contributed by atoms with van der Waals surface area (Å²) in [6.07, 6.45) is 1.39. The van der Waals surface area contributed by atoms with Crippen LogP contribution in [0.3, 0.4) is 0 Å². The predicted octanol–water partition coefficient (Wildman–Crippen LogP) is 2.76. The standard InChI is InChI=1S/C18H15N5O3S2/c1-26-8-14-21-22-18(28-14)20-13(24)7-23-10-19-16-15(17(23)25)12(9-27-16)11-5-3-2-4-6-11/h2-6,9-10H,7-8H2,1H3,(H,20,22,24). The summed E-state index contributed by atoms with van der Waals surface area (Å²) < 4.78 is 6.28. The Bertz CT molecular complexity index is 1180. The molecule has 0 saturated carbocycles. The van der Waals surface area contributed by atoms with Crippen LogP contribution in [0.15, 0.2) is 46.8 Å². The minimum absolute atomic E-state index is 0.162. The van der Waals surface area contributed by atoms with Gasteiger partial charge in [-0.1, -0.05) is 41.7 Å². The van der Waals surface area contributed by atoms with Crippen LogP contribution in [0, 0.1) is 0 Å². The first-order valence-electron chi connectivity index (χ1n) is 8.29. The number of benzene rings is 1. The molecule has 1 N–H and O–H groups in total. The molecule has 28 heavy (non-hydrogen) atoms. The molecule has 3 aromatic heterocycles. The van der Waals surface area contributed by atoms with Crippen molar-refractivity contribution in [2.24, 2.45) is 0 Å². The number of fused-ring (bicyclic) bond motifs is 1. The quantitative estimate of drug-likeness (QED) is 0.522. The third kappa shape index (κ3) is 3.70. The molecular weight excluding hydrogens is 398 g/mol. The molecule has 0 saturated heterocycles. The smallest absolute Gasteiger partial charge is 0.263 e. The Kier molecular flexibility index (Phi) is 5.24. The van der Waals surface area contributed by atoms with Crippen LogP contribution < -0.4 is 10.9 Å². The SMILES string of the molecule is COCc1nnc(NC(=O)Cn2cnc3scc(-c4ccccc4)c3c2=O)s1. The van der Waals surface area contributed by atoms with Crippen molar-refractivity contribution in [1.82, 2.24) is 19.7 Å². The number of carbonyl (C=O) groups is 1. The van der Waals surface area contributed by atoms with Gasteiger partial charge < -0.3 is 4.74 Å². The predicted molar refractivity (Wildman–Crippen MR) is 109 cm³/mol. The topological polar surface area (TPSA) is 99.0 Å². The van der Waals surface area contributed by atoms with Crippen LogP contribution >= 0.6 is 22.7 Å². The lowest BCUT2D eigenvalue weighted by molar-refractivity contribution is -0.116. The molecule has 10 heteroatoms. The summed E-state index contributed by atoms with van der Waals surface area (Å²) in [4.78, 5) is 30.3. The zero-order chi connectivity index (χ0) is 19.5. The van der Waals surface area contributed by atoms with Gasteiger partial charge in [-0.25, -0.2) is 4.98 Å². The molecule has 1 aromatic carbocycles. The van der Waals surface area contributed by atoms with E-state index in [2.05, 4.69) is 20.5 Å². The fourth-order valence-electron chi connectivity index (χ4n) is 2.71. The maximum Gasteiger partial charge on any atom is 0.263 e. The number of thiophene rings is 1. The first kappa shape index (κ1) is 18.4. The molecule has 0 aliphatic rings. The number of hydrogen-bond acceptors (Lipinski definition) is 8. The third-order valence-corrected chi connectivity index (χ3v) is 5.64. The van der Waals surface area contributed by atoms with E-state index in [1.807, 2.05) is 35.7 Å². The van der Waals surface area contributed by atoms with Gasteiger partial charge in [0.25, 0.3) is 5.56 Å². The molecule has 0 spiro atoms. The molecule has 0 fully saturated rings. The molecule has 0 atom stereocenters. The summed E-state index contributed by atoms with van der Waals surface area (Å²) in [7, 11) is 1.56. The Balaban J connectivity index is 1.59. The first-order chi connectivity index (χ1) is 13.7. The highest BCUT2D eigenvalue weighted by atomic mass is 32.1. The number of amides is 1. The van der Waals surface area contributed by atoms with E-state index >= 15 is 0 Å². The van der Waals surface area contributed by atoms with Gasteiger partial charge >= 0.3 is 0 Å². The van der Waals surface area contributed by atoms with Crippen LogP contribution in [0.2, 0.25) is 0 Å². The second-order valence-corrected chi connectivity index (χ2v) is 7.78. The van der Waals surface area contributed by atoms with Gasteiger partial charge in [-0.05, 0) is 5.56 Å². The van der Waals surface area contributed by atoms with E-state index in [4.69, 9.17) is 4.74 Å². The van der Waals surface area contributed by atoms with Crippen LogP contribution in [0.1, 0.15) is 5.01 Å². The van der Waals surface area contributed by atoms with Crippen molar-refractivity contribution < 1.29 is 9.53 Å². The Morgan fingerprint density at radius 2 is 2.07 bits per heavy atom. The van der Waals surface area contributed by atoms with E-state index in [1.54, 1.807) is 7.11 Å². The first-order valence-corrected chi connectivity index (χ1v) is 9.98. The fourth-order valence-corrected chi connectivity index (χ4v) is 4.34. The maximum absolute atomic E-state index is 13.0. The molecule has 1 amide bonds. The highest BCUT2D eigenvalue weighted by molar-refractivity contribution is 7.17. The molecular formula is C18H15N5O3S2. The van der Waals surface area contributed by atoms with Crippen LogP contribution in [-0.4, -0.2) is 32.8 Å². The number of nitrogens with zero attached hydrogens (tertiary/aromatic N) is 4. The van der Waals surface area contributed by atoms with E-state index in [1.165, 1.54) is 33.6 Å². The molecule has 4 aromatic rings. The Morgan fingerprint density at radius 1 is 1.25 bits per heavy atom. The summed E-state index contributed by atoms with van der Waals surface area (Å²) >= 11 is 2.63. The molecule has 0 unspecified atom stereocenters. The average molecular weight is 413 g/mol. The van der Waals surface area contributed by atoms with E-state index in [9.17, 15) is 9.59 Å². The van der Waals surface area contributed by atoms with Crippen LogP contribution in [0.4, 0.5) is 5.13 Å². The van der Waals surface area contributed by atoms with Crippen molar-refractivity contribution >= 4 is 43.9 Å². The minimum atomic E-state index is -0.375. The average Bonchev–Trinajstić information content (AvgIpc) is 3.32. The van der Waals surface area contributed by atoms with Gasteiger partial charge in [0, 0.05) is 18.1 Å². The van der Waals surface area contributed by atoms with Crippen LogP contribution in [0.5, 0.6) is 0 Å².